The van der Waals surface area contributed by atoms with E-state index in [1.807, 2.05) is 0 Å². The third kappa shape index (κ3) is 3.48. The number of carboxylic acid groups (broad SMARTS) is 1. The van der Waals surface area contributed by atoms with E-state index in [2.05, 4.69) is 11.3 Å². The van der Waals surface area contributed by atoms with Crippen LogP contribution in [0.5, 0.6) is 0 Å². The molecule has 0 aliphatic heterocycles. The summed E-state index contributed by atoms with van der Waals surface area (Å²) in [7, 11) is -3.45. The predicted octanol–water partition coefficient (Wildman–Crippen LogP) is 0.948. The molecule has 1 rings (SSSR count). The van der Waals surface area contributed by atoms with Gasteiger partial charge in [-0.1, -0.05) is 18.7 Å². The van der Waals surface area contributed by atoms with Gasteiger partial charge in [0, 0.05) is 12.0 Å². The third-order valence-electron chi connectivity index (χ3n) is 1.90. The second kappa shape index (κ2) is 4.91. The van der Waals surface area contributed by atoms with Crippen molar-refractivity contribution in [3.63, 3.8) is 0 Å². The number of hydrogen-bond donors (Lipinski definition) is 2. The molecule has 0 fully saturated rings. The van der Waals surface area contributed by atoms with Crippen LogP contribution in [0.25, 0.3) is 0 Å². The first-order valence-electron chi connectivity index (χ1n) is 4.39. The quantitative estimate of drug-likeness (QED) is 0.803. The maximum Gasteiger partial charge on any atom is 0.335 e. The van der Waals surface area contributed by atoms with Crippen molar-refractivity contribution >= 4 is 16.0 Å². The Balaban J connectivity index is 2.70. The molecule has 1 aromatic rings. The highest BCUT2D eigenvalue weighted by molar-refractivity contribution is 7.92. The minimum Gasteiger partial charge on any atom is -0.478 e. The minimum atomic E-state index is -3.45. The Morgan fingerprint density at radius 1 is 1.38 bits per heavy atom. The zero-order chi connectivity index (χ0) is 12.2. The summed E-state index contributed by atoms with van der Waals surface area (Å²) in [4.78, 5) is 10.6. The standard InChI is InChI=1S/C10H11NO4S/c1-2-16(14,15)11-7-8-3-5-9(6-4-8)10(12)13/h2-6,11H,1,7H2,(H,12,13). The van der Waals surface area contributed by atoms with Gasteiger partial charge in [0.1, 0.15) is 0 Å². The lowest BCUT2D eigenvalue weighted by atomic mass is 10.1. The number of sulfonamides is 1. The van der Waals surface area contributed by atoms with Crippen molar-refractivity contribution in [3.8, 4) is 0 Å². The number of aromatic carboxylic acids is 1. The average molecular weight is 241 g/mol. The Morgan fingerprint density at radius 2 is 1.94 bits per heavy atom. The highest BCUT2D eigenvalue weighted by atomic mass is 32.2. The lowest BCUT2D eigenvalue weighted by Gasteiger charge is -2.03. The molecular formula is C10H11NO4S. The van der Waals surface area contributed by atoms with Crippen molar-refractivity contribution in [2.75, 3.05) is 0 Å². The number of carbonyl (C=O) groups is 1. The van der Waals surface area contributed by atoms with E-state index in [-0.39, 0.29) is 12.1 Å². The maximum atomic E-state index is 11.0. The van der Waals surface area contributed by atoms with Gasteiger partial charge in [0.15, 0.2) is 0 Å². The fourth-order valence-corrected chi connectivity index (χ4v) is 1.49. The number of benzene rings is 1. The minimum absolute atomic E-state index is 0.105. The summed E-state index contributed by atoms with van der Waals surface area (Å²) in [5.41, 5.74) is 0.839. The molecule has 2 N–H and O–H groups in total. The lowest BCUT2D eigenvalue weighted by molar-refractivity contribution is 0.0697. The molecule has 0 saturated heterocycles. The maximum absolute atomic E-state index is 11.0. The van der Waals surface area contributed by atoms with Gasteiger partial charge >= 0.3 is 5.97 Å². The normalized spacial score (nSPS) is 11.0. The van der Waals surface area contributed by atoms with Gasteiger partial charge in [-0.15, -0.1) is 0 Å². The van der Waals surface area contributed by atoms with Crippen LogP contribution in [0.3, 0.4) is 0 Å². The molecule has 16 heavy (non-hydrogen) atoms. The molecule has 0 amide bonds. The third-order valence-corrected chi connectivity index (χ3v) is 2.88. The van der Waals surface area contributed by atoms with Crippen molar-refractivity contribution in [1.82, 2.24) is 4.72 Å². The smallest absolute Gasteiger partial charge is 0.335 e. The van der Waals surface area contributed by atoms with Gasteiger partial charge in [0.2, 0.25) is 10.0 Å². The van der Waals surface area contributed by atoms with Gasteiger partial charge in [-0.3, -0.25) is 0 Å². The Labute approximate surface area is 93.5 Å². The van der Waals surface area contributed by atoms with E-state index in [0.717, 1.165) is 5.41 Å². The zero-order valence-electron chi connectivity index (χ0n) is 8.38. The topological polar surface area (TPSA) is 83.5 Å². The van der Waals surface area contributed by atoms with Crippen molar-refractivity contribution in [2.45, 2.75) is 6.54 Å². The summed E-state index contributed by atoms with van der Waals surface area (Å²) in [5, 5.41) is 9.47. The van der Waals surface area contributed by atoms with E-state index in [1.165, 1.54) is 12.1 Å². The highest BCUT2D eigenvalue weighted by Gasteiger charge is 2.05. The molecule has 5 nitrogen and oxygen atoms in total. The van der Waals surface area contributed by atoms with E-state index in [9.17, 15) is 13.2 Å². The summed E-state index contributed by atoms with van der Waals surface area (Å²) in [6.45, 7) is 3.26. The molecular weight excluding hydrogens is 230 g/mol. The molecule has 0 radical (unpaired) electrons. The van der Waals surface area contributed by atoms with Crippen molar-refractivity contribution in [3.05, 3.63) is 47.4 Å². The highest BCUT2D eigenvalue weighted by Crippen LogP contribution is 2.04. The number of rotatable bonds is 5. The molecule has 1 aromatic carbocycles. The van der Waals surface area contributed by atoms with Gasteiger partial charge in [-0.05, 0) is 17.7 Å². The van der Waals surface area contributed by atoms with Crippen molar-refractivity contribution in [2.24, 2.45) is 0 Å². The molecule has 0 aliphatic rings. The van der Waals surface area contributed by atoms with E-state index >= 15 is 0 Å². The average Bonchev–Trinajstić information content (AvgIpc) is 2.27. The van der Waals surface area contributed by atoms with Crippen LogP contribution in [0, 0.1) is 0 Å². The fourth-order valence-electron chi connectivity index (χ4n) is 1.01. The van der Waals surface area contributed by atoms with E-state index in [4.69, 9.17) is 5.11 Å². The molecule has 0 unspecified atom stereocenters. The summed E-state index contributed by atoms with van der Waals surface area (Å²) < 4.78 is 24.3. The second-order valence-corrected chi connectivity index (χ2v) is 4.75. The van der Waals surface area contributed by atoms with Crippen LogP contribution < -0.4 is 4.72 Å². The molecule has 0 spiro atoms. The molecule has 86 valence electrons. The van der Waals surface area contributed by atoms with Crippen LogP contribution in [0.4, 0.5) is 0 Å². The number of hydrogen-bond acceptors (Lipinski definition) is 3. The molecule has 0 saturated carbocycles. The Kier molecular flexibility index (Phi) is 3.81. The Hall–Kier alpha value is -1.66. The van der Waals surface area contributed by atoms with Gasteiger partial charge < -0.3 is 5.11 Å². The zero-order valence-corrected chi connectivity index (χ0v) is 9.20. The van der Waals surface area contributed by atoms with Gasteiger partial charge in [0.25, 0.3) is 0 Å². The van der Waals surface area contributed by atoms with E-state index in [1.54, 1.807) is 12.1 Å². The van der Waals surface area contributed by atoms with Crippen LogP contribution >= 0.6 is 0 Å². The van der Waals surface area contributed by atoms with Crippen LogP contribution in [0.15, 0.2) is 36.3 Å². The van der Waals surface area contributed by atoms with Crippen molar-refractivity contribution < 1.29 is 18.3 Å². The molecule has 6 heteroatoms. The number of nitrogens with one attached hydrogen (secondary N) is 1. The molecule has 0 atom stereocenters. The van der Waals surface area contributed by atoms with Crippen LogP contribution in [0.2, 0.25) is 0 Å². The first-order valence-corrected chi connectivity index (χ1v) is 5.93. The van der Waals surface area contributed by atoms with Crippen LogP contribution in [0.1, 0.15) is 15.9 Å². The van der Waals surface area contributed by atoms with Crippen molar-refractivity contribution in [1.29, 1.82) is 0 Å². The number of carboxylic acids is 1. The second-order valence-electron chi connectivity index (χ2n) is 3.03. The molecule has 0 aromatic heterocycles. The fraction of sp³-hybridized carbons (Fsp3) is 0.100. The largest absolute Gasteiger partial charge is 0.478 e. The molecule has 0 bridgehead atoms. The predicted molar refractivity (Wildman–Crippen MR) is 59.4 cm³/mol. The summed E-state index contributed by atoms with van der Waals surface area (Å²) in [5.74, 6) is -1.02. The summed E-state index contributed by atoms with van der Waals surface area (Å²) in [6.07, 6.45) is 0. The lowest BCUT2D eigenvalue weighted by Crippen LogP contribution is -2.20. The Bertz CT molecular complexity index is 490. The first kappa shape index (κ1) is 12.4. The monoisotopic (exact) mass is 241 g/mol. The Morgan fingerprint density at radius 3 is 2.38 bits per heavy atom. The first-order chi connectivity index (χ1) is 7.44. The van der Waals surface area contributed by atoms with Crippen LogP contribution in [-0.2, 0) is 16.6 Å². The molecule has 0 heterocycles. The van der Waals surface area contributed by atoms with Gasteiger partial charge in [-0.2, -0.15) is 0 Å². The summed E-state index contributed by atoms with van der Waals surface area (Å²) >= 11 is 0. The van der Waals surface area contributed by atoms with E-state index < -0.39 is 16.0 Å². The molecule has 0 aliphatic carbocycles. The van der Waals surface area contributed by atoms with Gasteiger partial charge in [0.05, 0.1) is 5.56 Å². The van der Waals surface area contributed by atoms with Gasteiger partial charge in [-0.25, -0.2) is 17.9 Å². The van der Waals surface area contributed by atoms with Crippen LogP contribution in [-0.4, -0.2) is 19.5 Å². The van der Waals surface area contributed by atoms with E-state index in [0.29, 0.717) is 5.56 Å². The summed E-state index contributed by atoms with van der Waals surface area (Å²) in [6, 6.07) is 5.93. The SMILES string of the molecule is C=CS(=O)(=O)NCc1ccc(C(=O)O)cc1.